The van der Waals surface area contributed by atoms with E-state index in [0.717, 1.165) is 8.47 Å². The first-order valence-electron chi connectivity index (χ1n) is 5.71. The van der Waals surface area contributed by atoms with E-state index in [0.29, 0.717) is 3.57 Å². The zero-order valence-corrected chi connectivity index (χ0v) is 14.4. The van der Waals surface area contributed by atoms with Crippen molar-refractivity contribution < 1.29 is 24.9 Å². The normalized spacial score (nSPS) is 22.1. The van der Waals surface area contributed by atoms with E-state index in [-0.39, 0.29) is 24.3 Å². The maximum Gasteiger partial charge on any atom is 0.326 e. The van der Waals surface area contributed by atoms with Crippen molar-refractivity contribution >= 4 is 57.1 Å². The highest BCUT2D eigenvalue weighted by Crippen LogP contribution is 2.30. The molecule has 1 amide bonds. The van der Waals surface area contributed by atoms with E-state index in [2.05, 4.69) is 0 Å². The average molecular weight is 503 g/mol. The molecule has 8 heteroatoms. The van der Waals surface area contributed by atoms with Gasteiger partial charge in [0.05, 0.1) is 15.2 Å². The highest BCUT2D eigenvalue weighted by molar-refractivity contribution is 14.1. The van der Waals surface area contributed by atoms with Crippen molar-refractivity contribution in [2.75, 3.05) is 6.54 Å². The first-order valence-corrected chi connectivity index (χ1v) is 7.87. The molecule has 0 saturated carbocycles. The number of phenolic OH excluding ortho intramolecular Hbond substituents is 1. The fraction of sp³-hybridized carbons (Fsp3) is 0.333. The third-order valence-electron chi connectivity index (χ3n) is 3.08. The van der Waals surface area contributed by atoms with E-state index in [9.17, 15) is 19.8 Å². The number of phenols is 1. The lowest BCUT2D eigenvalue weighted by Crippen LogP contribution is -2.40. The van der Waals surface area contributed by atoms with Crippen LogP contribution in [0.4, 0.5) is 0 Å². The number of aliphatic hydroxyl groups is 1. The number of nitrogens with zero attached hydrogens (tertiary/aromatic N) is 1. The molecule has 1 fully saturated rings. The zero-order valence-electron chi connectivity index (χ0n) is 10.1. The zero-order chi connectivity index (χ0) is 15.0. The number of amides is 1. The lowest BCUT2D eigenvalue weighted by molar-refractivity contribution is -0.141. The van der Waals surface area contributed by atoms with Gasteiger partial charge in [0.15, 0.2) is 0 Å². The number of β-amino-alcohol motifs (C(OH)–C–C–N with tert-alkyl or cyclic N) is 1. The summed E-state index contributed by atoms with van der Waals surface area (Å²) < 4.78 is 1.28. The van der Waals surface area contributed by atoms with Crippen LogP contribution in [0.3, 0.4) is 0 Å². The van der Waals surface area contributed by atoms with Gasteiger partial charge in [-0.3, -0.25) is 4.79 Å². The van der Waals surface area contributed by atoms with E-state index in [1.165, 1.54) is 6.07 Å². The van der Waals surface area contributed by atoms with E-state index < -0.39 is 24.0 Å². The molecular weight excluding hydrogens is 492 g/mol. The van der Waals surface area contributed by atoms with Crippen LogP contribution in [0.15, 0.2) is 12.1 Å². The molecule has 20 heavy (non-hydrogen) atoms. The van der Waals surface area contributed by atoms with Crippen LogP contribution in [0.25, 0.3) is 0 Å². The molecule has 0 radical (unpaired) electrons. The van der Waals surface area contributed by atoms with Gasteiger partial charge in [0.1, 0.15) is 11.8 Å². The van der Waals surface area contributed by atoms with E-state index in [1.54, 1.807) is 6.07 Å². The predicted molar refractivity (Wildman–Crippen MR) is 86.6 cm³/mol. The van der Waals surface area contributed by atoms with Crippen molar-refractivity contribution in [2.45, 2.75) is 18.6 Å². The number of carbonyl (C=O) groups excluding carboxylic acids is 1. The van der Waals surface area contributed by atoms with Crippen molar-refractivity contribution in [2.24, 2.45) is 0 Å². The van der Waals surface area contributed by atoms with Crippen LogP contribution in [0.5, 0.6) is 5.75 Å². The smallest absolute Gasteiger partial charge is 0.326 e. The molecule has 2 atom stereocenters. The van der Waals surface area contributed by atoms with Gasteiger partial charge in [-0.1, -0.05) is 0 Å². The van der Waals surface area contributed by atoms with Crippen molar-refractivity contribution in [3.05, 3.63) is 24.8 Å². The van der Waals surface area contributed by atoms with Gasteiger partial charge in [0.2, 0.25) is 0 Å². The second-order valence-corrected chi connectivity index (χ2v) is 6.89. The van der Waals surface area contributed by atoms with Crippen LogP contribution in [0.2, 0.25) is 0 Å². The highest BCUT2D eigenvalue weighted by Gasteiger charge is 2.40. The first kappa shape index (κ1) is 15.8. The Balaban J connectivity index is 2.38. The van der Waals surface area contributed by atoms with Gasteiger partial charge >= 0.3 is 5.97 Å². The van der Waals surface area contributed by atoms with Crippen LogP contribution in [-0.2, 0) is 4.79 Å². The van der Waals surface area contributed by atoms with Crippen LogP contribution in [-0.4, -0.2) is 50.8 Å². The molecule has 1 heterocycles. The van der Waals surface area contributed by atoms with E-state index >= 15 is 0 Å². The number of aromatic hydroxyl groups is 1. The maximum absolute atomic E-state index is 12.4. The number of carboxylic acid groups (broad SMARTS) is 1. The first-order chi connectivity index (χ1) is 9.31. The number of carbonyl (C=O) groups is 2. The summed E-state index contributed by atoms with van der Waals surface area (Å²) in [6, 6.07) is 2.15. The van der Waals surface area contributed by atoms with Gasteiger partial charge in [-0.25, -0.2) is 4.79 Å². The molecule has 2 unspecified atom stereocenters. The van der Waals surface area contributed by atoms with Crippen molar-refractivity contribution in [1.29, 1.82) is 0 Å². The molecule has 3 N–H and O–H groups in total. The third-order valence-corrected chi connectivity index (χ3v) is 4.53. The van der Waals surface area contributed by atoms with Crippen LogP contribution in [0.1, 0.15) is 16.8 Å². The van der Waals surface area contributed by atoms with Crippen LogP contribution in [0, 0.1) is 7.14 Å². The fourth-order valence-electron chi connectivity index (χ4n) is 2.16. The Hall–Kier alpha value is -0.620. The number of aliphatic carboxylic acids is 1. The van der Waals surface area contributed by atoms with Gasteiger partial charge < -0.3 is 20.2 Å². The number of rotatable bonds is 2. The highest BCUT2D eigenvalue weighted by atomic mass is 127. The summed E-state index contributed by atoms with van der Waals surface area (Å²) in [5.41, 5.74) is 0.0571. The molecular formula is C12H11I2NO5. The maximum atomic E-state index is 12.4. The standard InChI is InChI=1S/C12H11I2NO5/c13-5-1-7(10(17)8(14)2-5)11(18)15-4-6(16)3-9(15)12(19)20/h1-2,6,9,16-17H,3-4H2,(H,19,20). The van der Waals surface area contributed by atoms with Crippen LogP contribution < -0.4 is 0 Å². The summed E-state index contributed by atoms with van der Waals surface area (Å²) in [6.07, 6.45) is -0.855. The van der Waals surface area contributed by atoms with Crippen molar-refractivity contribution in [3.63, 3.8) is 0 Å². The van der Waals surface area contributed by atoms with Gasteiger partial charge in [0.25, 0.3) is 5.91 Å². The number of aliphatic hydroxyl groups excluding tert-OH is 1. The number of halogens is 2. The summed E-state index contributed by atoms with van der Waals surface area (Å²) in [5.74, 6) is -1.90. The predicted octanol–water partition coefficient (Wildman–Crippen LogP) is 1.26. The Bertz CT molecular complexity index is 577. The molecule has 1 aliphatic rings. The Morgan fingerprint density at radius 2 is 1.95 bits per heavy atom. The van der Waals surface area contributed by atoms with E-state index in [4.69, 9.17) is 5.11 Å². The lowest BCUT2D eigenvalue weighted by atomic mass is 10.1. The SMILES string of the molecule is O=C(O)C1CC(O)CN1C(=O)c1cc(I)cc(I)c1O. The quantitative estimate of drug-likeness (QED) is 0.529. The molecule has 0 aliphatic carbocycles. The van der Waals surface area contributed by atoms with Crippen LogP contribution >= 0.6 is 45.2 Å². The van der Waals surface area contributed by atoms with Crippen molar-refractivity contribution in [1.82, 2.24) is 4.90 Å². The van der Waals surface area contributed by atoms with Gasteiger partial charge in [-0.05, 0) is 57.3 Å². The summed E-state index contributed by atoms with van der Waals surface area (Å²) in [5, 5.41) is 28.7. The molecule has 0 aromatic heterocycles. The Kier molecular flexibility index (Phi) is 4.74. The molecule has 1 aromatic carbocycles. The second kappa shape index (κ2) is 6.02. The van der Waals surface area contributed by atoms with Crippen molar-refractivity contribution in [3.8, 4) is 5.75 Å². The van der Waals surface area contributed by atoms with E-state index in [1.807, 2.05) is 45.2 Å². The Morgan fingerprint density at radius 1 is 1.30 bits per heavy atom. The summed E-state index contributed by atoms with van der Waals surface area (Å²) in [7, 11) is 0. The van der Waals surface area contributed by atoms with Gasteiger partial charge in [0, 0.05) is 16.5 Å². The summed E-state index contributed by atoms with van der Waals surface area (Å²) in [6.45, 7) is -0.0444. The lowest BCUT2D eigenvalue weighted by Gasteiger charge is -2.22. The number of hydrogen-bond donors (Lipinski definition) is 3. The molecule has 2 rings (SSSR count). The molecule has 1 saturated heterocycles. The number of hydrogen-bond acceptors (Lipinski definition) is 4. The second-order valence-electron chi connectivity index (χ2n) is 4.48. The third kappa shape index (κ3) is 3.01. The average Bonchev–Trinajstić information content (AvgIpc) is 2.75. The molecule has 1 aromatic rings. The fourth-order valence-corrected chi connectivity index (χ4v) is 4.00. The minimum absolute atomic E-state index is 0.00283. The number of benzene rings is 1. The molecule has 6 nitrogen and oxygen atoms in total. The minimum Gasteiger partial charge on any atom is -0.506 e. The Morgan fingerprint density at radius 3 is 2.55 bits per heavy atom. The molecule has 0 bridgehead atoms. The Labute approximate surface area is 142 Å². The largest absolute Gasteiger partial charge is 0.506 e. The molecule has 108 valence electrons. The van der Waals surface area contributed by atoms with Gasteiger partial charge in [-0.2, -0.15) is 0 Å². The molecule has 0 spiro atoms. The van der Waals surface area contributed by atoms with Gasteiger partial charge in [-0.15, -0.1) is 0 Å². The summed E-state index contributed by atoms with van der Waals surface area (Å²) >= 11 is 3.92. The number of likely N-dealkylation sites (tertiary alicyclic amines) is 1. The number of carboxylic acids is 1. The summed E-state index contributed by atoms with van der Waals surface area (Å²) in [4.78, 5) is 24.7. The molecule has 1 aliphatic heterocycles. The topological polar surface area (TPSA) is 98.1 Å². The monoisotopic (exact) mass is 503 g/mol. The minimum atomic E-state index is -1.16.